The molecule has 1 aromatic heterocycles. The van der Waals surface area contributed by atoms with E-state index in [9.17, 15) is 9.59 Å². The van der Waals surface area contributed by atoms with Gasteiger partial charge in [0.2, 0.25) is 5.16 Å². The number of rotatable bonds is 7. The van der Waals surface area contributed by atoms with E-state index in [2.05, 4.69) is 20.3 Å². The van der Waals surface area contributed by atoms with Gasteiger partial charge in [0.1, 0.15) is 0 Å². The molecule has 8 nitrogen and oxygen atoms in total. The number of carbonyl (C=O) groups is 2. The lowest BCUT2D eigenvalue weighted by Crippen LogP contribution is -2.30. The number of hydrogen-bond donors (Lipinski definition) is 0. The molecule has 0 amide bonds. The zero-order chi connectivity index (χ0) is 15.1. The average molecular weight is 302 g/mol. The maximum Gasteiger partial charge on any atom is 0.347 e. The molecule has 0 bridgehead atoms. The highest BCUT2D eigenvalue weighted by Crippen LogP contribution is 2.15. The van der Waals surface area contributed by atoms with E-state index in [1.807, 2.05) is 13.8 Å². The molecule has 112 valence electrons. The first-order valence-electron chi connectivity index (χ1n) is 6.06. The van der Waals surface area contributed by atoms with E-state index in [4.69, 9.17) is 4.74 Å². The Morgan fingerprint density at radius 2 is 2.10 bits per heavy atom. The van der Waals surface area contributed by atoms with E-state index in [1.165, 1.54) is 11.8 Å². The number of nitrogens with zero attached hydrogens (tertiary/aromatic N) is 4. The molecule has 0 radical (unpaired) electrons. The lowest BCUT2D eigenvalue weighted by molar-refractivity contribution is -0.165. The van der Waals surface area contributed by atoms with Crippen LogP contribution in [0.25, 0.3) is 0 Å². The number of methoxy groups -OCH3 is 1. The fourth-order valence-corrected chi connectivity index (χ4v) is 2.04. The van der Waals surface area contributed by atoms with Crippen LogP contribution in [-0.4, -0.2) is 51.1 Å². The van der Waals surface area contributed by atoms with E-state index in [-0.39, 0.29) is 11.7 Å². The van der Waals surface area contributed by atoms with Crippen molar-refractivity contribution in [2.45, 2.75) is 31.5 Å². The number of esters is 2. The summed E-state index contributed by atoms with van der Waals surface area (Å²) < 4.78 is 11.2. The second-order valence-electron chi connectivity index (χ2n) is 4.50. The normalized spacial score (nSPS) is 12.2. The maximum atomic E-state index is 11.7. The molecule has 0 aliphatic rings. The molecule has 0 aliphatic carbocycles. The molecule has 1 aromatic rings. The summed E-state index contributed by atoms with van der Waals surface area (Å²) in [4.78, 5) is 23.3. The molecule has 1 rings (SSSR count). The minimum atomic E-state index is -0.870. The van der Waals surface area contributed by atoms with Gasteiger partial charge in [0.05, 0.1) is 12.9 Å². The quantitative estimate of drug-likeness (QED) is 0.528. The van der Waals surface area contributed by atoms with E-state index in [0.717, 1.165) is 11.8 Å². The molecule has 0 spiro atoms. The minimum absolute atomic E-state index is 0.0276. The molecule has 9 heteroatoms. The Morgan fingerprint density at radius 3 is 2.60 bits per heavy atom. The van der Waals surface area contributed by atoms with E-state index < -0.39 is 18.0 Å². The lowest BCUT2D eigenvalue weighted by atomic mass is 10.1. The van der Waals surface area contributed by atoms with Gasteiger partial charge in [-0.15, -0.1) is 5.10 Å². The SMILES string of the molecule is COC(=O)[C@H](CC(C)C)OC(=O)CSc1nnnn1C. The number of ether oxygens (including phenoxy) is 2. The van der Waals surface area contributed by atoms with E-state index in [1.54, 1.807) is 7.05 Å². The highest BCUT2D eigenvalue weighted by atomic mass is 32.2. The van der Waals surface area contributed by atoms with Crippen LogP contribution in [0.2, 0.25) is 0 Å². The smallest absolute Gasteiger partial charge is 0.347 e. The summed E-state index contributed by atoms with van der Waals surface area (Å²) in [5.41, 5.74) is 0. The average Bonchev–Trinajstić information content (AvgIpc) is 2.79. The first-order chi connectivity index (χ1) is 9.43. The molecule has 0 fully saturated rings. The molecule has 0 saturated heterocycles. The molecule has 0 unspecified atom stereocenters. The molecule has 0 aromatic carbocycles. The van der Waals surface area contributed by atoms with Gasteiger partial charge in [0.15, 0.2) is 6.10 Å². The summed E-state index contributed by atoms with van der Waals surface area (Å²) in [6, 6.07) is 0. The molecule has 0 aliphatic heterocycles. The largest absolute Gasteiger partial charge is 0.466 e. The summed E-state index contributed by atoms with van der Waals surface area (Å²) in [7, 11) is 2.94. The zero-order valence-electron chi connectivity index (χ0n) is 11.9. The molecule has 20 heavy (non-hydrogen) atoms. The van der Waals surface area contributed by atoms with Crippen LogP contribution in [0.3, 0.4) is 0 Å². The van der Waals surface area contributed by atoms with Gasteiger partial charge in [-0.1, -0.05) is 25.6 Å². The van der Waals surface area contributed by atoms with Crippen LogP contribution in [0.4, 0.5) is 0 Å². The van der Waals surface area contributed by atoms with E-state index >= 15 is 0 Å². The van der Waals surface area contributed by atoms with Gasteiger partial charge in [-0.05, 0) is 22.8 Å². The van der Waals surface area contributed by atoms with Crippen LogP contribution >= 0.6 is 11.8 Å². The van der Waals surface area contributed by atoms with Crippen LogP contribution in [0.1, 0.15) is 20.3 Å². The van der Waals surface area contributed by atoms with Gasteiger partial charge in [-0.3, -0.25) is 4.79 Å². The van der Waals surface area contributed by atoms with Gasteiger partial charge < -0.3 is 9.47 Å². The summed E-state index contributed by atoms with van der Waals surface area (Å²) in [6.45, 7) is 3.87. The maximum absolute atomic E-state index is 11.7. The van der Waals surface area contributed by atoms with Gasteiger partial charge in [-0.2, -0.15) is 0 Å². The molecule has 0 saturated carbocycles. The predicted octanol–water partition coefficient (Wildman–Crippen LogP) is 0.433. The van der Waals surface area contributed by atoms with Crippen molar-refractivity contribution in [3.05, 3.63) is 0 Å². The minimum Gasteiger partial charge on any atom is -0.466 e. The lowest BCUT2D eigenvalue weighted by Gasteiger charge is -2.17. The van der Waals surface area contributed by atoms with Crippen molar-refractivity contribution in [2.75, 3.05) is 12.9 Å². The number of tetrazole rings is 1. The third-order valence-electron chi connectivity index (χ3n) is 2.32. The monoisotopic (exact) mass is 302 g/mol. The fourth-order valence-electron chi connectivity index (χ4n) is 1.41. The topological polar surface area (TPSA) is 96.2 Å². The van der Waals surface area contributed by atoms with Crippen LogP contribution in [0.15, 0.2) is 5.16 Å². The van der Waals surface area contributed by atoms with Crippen molar-refractivity contribution in [3.8, 4) is 0 Å². The van der Waals surface area contributed by atoms with Crippen molar-refractivity contribution >= 4 is 23.7 Å². The Kier molecular flexibility index (Phi) is 6.43. The van der Waals surface area contributed by atoms with Gasteiger partial charge in [0.25, 0.3) is 0 Å². The fraction of sp³-hybridized carbons (Fsp3) is 0.727. The third kappa shape index (κ3) is 5.16. The summed E-state index contributed by atoms with van der Waals surface area (Å²) in [6.07, 6.45) is -0.445. The van der Waals surface area contributed by atoms with E-state index in [0.29, 0.717) is 11.6 Å². The van der Waals surface area contributed by atoms with Gasteiger partial charge in [-0.25, -0.2) is 9.48 Å². The first-order valence-corrected chi connectivity index (χ1v) is 7.05. The standard InChI is InChI=1S/C11H18N4O4S/c1-7(2)5-8(10(17)18-4)19-9(16)6-20-11-12-13-14-15(11)3/h7-8H,5-6H2,1-4H3/t8-/m0/s1. The Bertz CT molecular complexity index is 463. The van der Waals surface area contributed by atoms with Crippen LogP contribution in [0, 0.1) is 5.92 Å². The summed E-state index contributed by atoms with van der Waals surface area (Å²) in [5, 5.41) is 11.3. The Hall–Kier alpha value is -1.64. The van der Waals surface area contributed by atoms with Crippen molar-refractivity contribution in [1.82, 2.24) is 20.2 Å². The van der Waals surface area contributed by atoms with Crippen molar-refractivity contribution < 1.29 is 19.1 Å². The second-order valence-corrected chi connectivity index (χ2v) is 5.45. The Labute approximate surface area is 121 Å². The Morgan fingerprint density at radius 1 is 1.40 bits per heavy atom. The molecule has 1 atom stereocenters. The van der Waals surface area contributed by atoms with Crippen molar-refractivity contribution in [3.63, 3.8) is 0 Å². The Balaban J connectivity index is 2.49. The summed E-state index contributed by atoms with van der Waals surface area (Å²) in [5.74, 6) is -0.811. The van der Waals surface area contributed by atoms with Gasteiger partial charge in [0, 0.05) is 7.05 Å². The van der Waals surface area contributed by atoms with Crippen molar-refractivity contribution in [1.29, 1.82) is 0 Å². The molecular weight excluding hydrogens is 284 g/mol. The van der Waals surface area contributed by atoms with Crippen LogP contribution < -0.4 is 0 Å². The number of aromatic nitrogens is 4. The molecule has 1 heterocycles. The zero-order valence-corrected chi connectivity index (χ0v) is 12.7. The highest BCUT2D eigenvalue weighted by molar-refractivity contribution is 7.99. The number of hydrogen-bond acceptors (Lipinski definition) is 8. The molecule has 0 N–H and O–H groups in total. The number of aryl methyl sites for hydroxylation is 1. The number of thioether (sulfide) groups is 1. The number of carbonyl (C=O) groups excluding carboxylic acids is 2. The third-order valence-corrected chi connectivity index (χ3v) is 3.31. The second kappa shape index (κ2) is 7.83. The van der Waals surface area contributed by atoms with Crippen LogP contribution in [0.5, 0.6) is 0 Å². The molecular formula is C11H18N4O4S. The van der Waals surface area contributed by atoms with Crippen LogP contribution in [-0.2, 0) is 26.1 Å². The van der Waals surface area contributed by atoms with Gasteiger partial charge >= 0.3 is 11.9 Å². The van der Waals surface area contributed by atoms with Crippen molar-refractivity contribution in [2.24, 2.45) is 13.0 Å². The summed E-state index contributed by atoms with van der Waals surface area (Å²) >= 11 is 1.14. The highest BCUT2D eigenvalue weighted by Gasteiger charge is 2.25. The first kappa shape index (κ1) is 16.4. The predicted molar refractivity (Wildman–Crippen MR) is 70.9 cm³/mol.